The molecule has 12 heavy (non-hydrogen) atoms. The van der Waals surface area contributed by atoms with Gasteiger partial charge in [0.2, 0.25) is 0 Å². The summed E-state index contributed by atoms with van der Waals surface area (Å²) in [6, 6.07) is 0. The van der Waals surface area contributed by atoms with Crippen molar-refractivity contribution in [1.29, 1.82) is 0 Å². The summed E-state index contributed by atoms with van der Waals surface area (Å²) in [5, 5.41) is 9.18. The van der Waals surface area contributed by atoms with Gasteiger partial charge in [0.15, 0.2) is 0 Å². The van der Waals surface area contributed by atoms with Crippen molar-refractivity contribution in [3.05, 3.63) is 19.6 Å². The molecule has 0 aliphatic heterocycles. The summed E-state index contributed by atoms with van der Waals surface area (Å²) in [6.45, 7) is 7.09. The van der Waals surface area contributed by atoms with Gasteiger partial charge in [-0.3, -0.25) is 0 Å². The first-order chi connectivity index (χ1) is 5.70. The minimum absolute atomic E-state index is 0.242. The number of esters is 1. The Morgan fingerprint density at radius 2 is 2.25 bits per heavy atom. The average molecular weight is 171 g/mol. The highest BCUT2D eigenvalue weighted by Gasteiger charge is 2.03. The van der Waals surface area contributed by atoms with Crippen LogP contribution in [0.15, 0.2) is 12.7 Å². The number of aliphatic hydroxyl groups is 1. The third kappa shape index (κ3) is 5.92. The molecule has 0 bridgehead atoms. The normalized spacial score (nSPS) is 12.2. The van der Waals surface area contributed by atoms with Gasteiger partial charge < -0.3 is 9.84 Å². The topological polar surface area (TPSA) is 46.5 Å². The summed E-state index contributed by atoms with van der Waals surface area (Å²) < 4.78 is 4.67. The smallest absolute Gasteiger partial charge is 0.330 e. The fraction of sp³-hybridized carbons (Fsp3) is 0.556. The Kier molecular flexibility index (Phi) is 6.38. The Labute approximate surface area is 73.0 Å². The van der Waals surface area contributed by atoms with Gasteiger partial charge in [-0.25, -0.2) is 4.79 Å². The van der Waals surface area contributed by atoms with Crippen LogP contribution in [0.1, 0.15) is 19.3 Å². The van der Waals surface area contributed by atoms with E-state index in [1.807, 2.05) is 0 Å². The lowest BCUT2D eigenvalue weighted by molar-refractivity contribution is -0.138. The molecule has 0 saturated heterocycles. The molecule has 0 fully saturated rings. The molecule has 0 rings (SSSR count). The molecule has 0 heterocycles. The number of carbonyl (C=O) groups is 1. The SMILES string of the molecule is [CH2]CCC(O)CCOC(=O)C=C. The summed E-state index contributed by atoms with van der Waals surface area (Å²) in [4.78, 5) is 10.5. The number of aliphatic hydroxyl groups excluding tert-OH is 1. The van der Waals surface area contributed by atoms with Gasteiger partial charge in [0.25, 0.3) is 0 Å². The van der Waals surface area contributed by atoms with Crippen LogP contribution in [0.5, 0.6) is 0 Å². The van der Waals surface area contributed by atoms with Crippen LogP contribution in [0.25, 0.3) is 0 Å². The van der Waals surface area contributed by atoms with Crippen LogP contribution in [0.3, 0.4) is 0 Å². The zero-order valence-corrected chi connectivity index (χ0v) is 7.16. The lowest BCUT2D eigenvalue weighted by Crippen LogP contribution is -2.11. The van der Waals surface area contributed by atoms with E-state index in [0.29, 0.717) is 19.3 Å². The molecule has 1 radical (unpaired) electrons. The molecule has 0 aromatic rings. The van der Waals surface area contributed by atoms with Gasteiger partial charge in [0.1, 0.15) is 0 Å². The van der Waals surface area contributed by atoms with Crippen molar-refractivity contribution < 1.29 is 14.6 Å². The second-order valence-electron chi connectivity index (χ2n) is 2.46. The highest BCUT2D eigenvalue weighted by atomic mass is 16.5. The molecular weight excluding hydrogens is 156 g/mol. The maximum absolute atomic E-state index is 10.5. The molecule has 1 unspecified atom stereocenters. The van der Waals surface area contributed by atoms with Gasteiger partial charge in [-0.2, -0.15) is 0 Å². The number of rotatable bonds is 6. The molecule has 3 heteroatoms. The molecule has 1 N–H and O–H groups in total. The molecule has 69 valence electrons. The fourth-order valence-electron chi connectivity index (χ4n) is 0.734. The van der Waals surface area contributed by atoms with Crippen molar-refractivity contribution in [3.63, 3.8) is 0 Å². The van der Waals surface area contributed by atoms with Crippen LogP contribution in [0.4, 0.5) is 0 Å². The number of hydrogen-bond donors (Lipinski definition) is 1. The minimum Gasteiger partial charge on any atom is -0.462 e. The zero-order valence-electron chi connectivity index (χ0n) is 7.16. The van der Waals surface area contributed by atoms with Crippen LogP contribution in [-0.2, 0) is 9.53 Å². The molecule has 0 aromatic carbocycles. The fourth-order valence-corrected chi connectivity index (χ4v) is 0.734. The lowest BCUT2D eigenvalue weighted by atomic mass is 10.1. The van der Waals surface area contributed by atoms with E-state index < -0.39 is 12.1 Å². The third-order valence-corrected chi connectivity index (χ3v) is 1.40. The van der Waals surface area contributed by atoms with Gasteiger partial charge in [-0.1, -0.05) is 19.9 Å². The first-order valence-corrected chi connectivity index (χ1v) is 3.97. The van der Waals surface area contributed by atoms with E-state index in [9.17, 15) is 9.90 Å². The molecule has 0 saturated carbocycles. The second-order valence-corrected chi connectivity index (χ2v) is 2.46. The molecule has 0 aliphatic carbocycles. The Morgan fingerprint density at radius 3 is 2.75 bits per heavy atom. The number of hydrogen-bond acceptors (Lipinski definition) is 3. The summed E-state index contributed by atoms with van der Waals surface area (Å²) in [5.74, 6) is -0.447. The molecule has 0 amide bonds. The summed E-state index contributed by atoms with van der Waals surface area (Å²) in [6.07, 6.45) is 2.49. The van der Waals surface area contributed by atoms with Crippen molar-refractivity contribution in [1.82, 2.24) is 0 Å². The van der Waals surface area contributed by atoms with E-state index >= 15 is 0 Å². The maximum Gasteiger partial charge on any atom is 0.330 e. The molecule has 0 aromatic heterocycles. The zero-order chi connectivity index (χ0) is 9.40. The van der Waals surface area contributed by atoms with Crippen LogP contribution >= 0.6 is 0 Å². The summed E-state index contributed by atoms with van der Waals surface area (Å²) >= 11 is 0. The Morgan fingerprint density at radius 1 is 1.58 bits per heavy atom. The molecule has 3 nitrogen and oxygen atoms in total. The number of carbonyl (C=O) groups excluding carboxylic acids is 1. The maximum atomic E-state index is 10.5. The van der Waals surface area contributed by atoms with E-state index in [-0.39, 0.29) is 6.61 Å². The Bertz CT molecular complexity index is 143. The van der Waals surface area contributed by atoms with Gasteiger partial charge in [0, 0.05) is 12.5 Å². The number of ether oxygens (including phenoxy) is 1. The van der Waals surface area contributed by atoms with E-state index in [2.05, 4.69) is 18.2 Å². The van der Waals surface area contributed by atoms with Crippen molar-refractivity contribution in [2.75, 3.05) is 6.61 Å². The van der Waals surface area contributed by atoms with Crippen molar-refractivity contribution in [2.45, 2.75) is 25.4 Å². The highest BCUT2D eigenvalue weighted by Crippen LogP contribution is 2.00. The standard InChI is InChI=1S/C9H15O3/c1-3-5-8(10)6-7-12-9(11)4-2/h4,8,10H,1-3,5-7H2. The van der Waals surface area contributed by atoms with E-state index in [4.69, 9.17) is 0 Å². The van der Waals surface area contributed by atoms with Crippen LogP contribution < -0.4 is 0 Å². The van der Waals surface area contributed by atoms with Crippen molar-refractivity contribution in [2.24, 2.45) is 0 Å². The molecule has 1 atom stereocenters. The van der Waals surface area contributed by atoms with Gasteiger partial charge in [-0.15, -0.1) is 0 Å². The summed E-state index contributed by atoms with van der Waals surface area (Å²) in [7, 11) is 0. The van der Waals surface area contributed by atoms with E-state index in [1.165, 1.54) is 0 Å². The molecule has 0 aliphatic rings. The van der Waals surface area contributed by atoms with Crippen LogP contribution in [0.2, 0.25) is 0 Å². The van der Waals surface area contributed by atoms with Crippen molar-refractivity contribution >= 4 is 5.97 Å². The van der Waals surface area contributed by atoms with E-state index in [0.717, 1.165) is 6.08 Å². The Hall–Kier alpha value is -0.830. The summed E-state index contributed by atoms with van der Waals surface area (Å²) in [5.41, 5.74) is 0. The van der Waals surface area contributed by atoms with Gasteiger partial charge in [-0.05, 0) is 6.42 Å². The molecule has 0 spiro atoms. The lowest BCUT2D eigenvalue weighted by Gasteiger charge is -2.07. The first-order valence-electron chi connectivity index (χ1n) is 3.97. The predicted molar refractivity (Wildman–Crippen MR) is 46.4 cm³/mol. The van der Waals surface area contributed by atoms with Crippen LogP contribution in [-0.4, -0.2) is 23.8 Å². The van der Waals surface area contributed by atoms with Gasteiger partial charge >= 0.3 is 5.97 Å². The quantitative estimate of drug-likeness (QED) is 0.480. The van der Waals surface area contributed by atoms with Gasteiger partial charge in [0.05, 0.1) is 12.7 Å². The van der Waals surface area contributed by atoms with Crippen molar-refractivity contribution in [3.8, 4) is 0 Å². The second kappa shape index (κ2) is 6.85. The average Bonchev–Trinajstić information content (AvgIpc) is 2.04. The monoisotopic (exact) mass is 171 g/mol. The largest absolute Gasteiger partial charge is 0.462 e. The van der Waals surface area contributed by atoms with E-state index in [1.54, 1.807) is 0 Å². The van der Waals surface area contributed by atoms with Crippen LogP contribution in [0, 0.1) is 6.92 Å². The third-order valence-electron chi connectivity index (χ3n) is 1.40. The molecular formula is C9H15O3. The highest BCUT2D eigenvalue weighted by molar-refractivity contribution is 5.81. The Balaban J connectivity index is 3.30. The minimum atomic E-state index is -0.447. The predicted octanol–water partition coefficient (Wildman–Crippen LogP) is 1.08. The first kappa shape index (κ1) is 11.2.